The Hall–Kier alpha value is -0.120. The highest BCUT2D eigenvalue weighted by atomic mass is 16.3. The number of aliphatic hydroxyl groups excluding tert-OH is 1. The van der Waals surface area contributed by atoms with Crippen LogP contribution in [0.15, 0.2) is 0 Å². The second-order valence-electron chi connectivity index (χ2n) is 3.98. The van der Waals surface area contributed by atoms with Crippen molar-refractivity contribution < 1.29 is 5.11 Å². The Kier molecular flexibility index (Phi) is 1.67. The van der Waals surface area contributed by atoms with Gasteiger partial charge in [-0.15, -0.1) is 0 Å². The van der Waals surface area contributed by atoms with Crippen LogP contribution < -0.4 is 5.32 Å². The molecule has 2 saturated heterocycles. The van der Waals surface area contributed by atoms with Gasteiger partial charge >= 0.3 is 0 Å². The van der Waals surface area contributed by atoms with Crippen molar-refractivity contribution in [1.29, 1.82) is 0 Å². The fourth-order valence-electron chi connectivity index (χ4n) is 2.29. The van der Waals surface area contributed by atoms with Crippen molar-refractivity contribution in [3.63, 3.8) is 0 Å². The van der Waals surface area contributed by atoms with E-state index in [2.05, 4.69) is 17.1 Å². The molecule has 2 fully saturated rings. The van der Waals surface area contributed by atoms with Gasteiger partial charge in [0.25, 0.3) is 0 Å². The first kappa shape index (κ1) is 7.53. The first-order chi connectivity index (χ1) is 5.21. The fourth-order valence-corrected chi connectivity index (χ4v) is 2.29. The minimum atomic E-state index is -0.0973. The highest BCUT2D eigenvalue weighted by molar-refractivity contribution is 5.00. The van der Waals surface area contributed by atoms with Gasteiger partial charge in [-0.05, 0) is 13.3 Å². The van der Waals surface area contributed by atoms with Crippen molar-refractivity contribution in [2.75, 3.05) is 26.2 Å². The predicted molar refractivity (Wildman–Crippen MR) is 43.5 cm³/mol. The maximum absolute atomic E-state index is 9.46. The van der Waals surface area contributed by atoms with Gasteiger partial charge in [0.15, 0.2) is 0 Å². The molecule has 3 nitrogen and oxygen atoms in total. The van der Waals surface area contributed by atoms with E-state index >= 15 is 0 Å². The summed E-state index contributed by atoms with van der Waals surface area (Å²) in [5, 5.41) is 12.8. The van der Waals surface area contributed by atoms with Gasteiger partial charge in [0, 0.05) is 31.7 Å². The van der Waals surface area contributed by atoms with Gasteiger partial charge in [0.1, 0.15) is 0 Å². The summed E-state index contributed by atoms with van der Waals surface area (Å²) in [5.74, 6) is 0. The Labute approximate surface area is 67.4 Å². The lowest BCUT2D eigenvalue weighted by Gasteiger charge is -2.39. The molecule has 0 aromatic rings. The van der Waals surface area contributed by atoms with Crippen LogP contribution in [0.5, 0.6) is 0 Å². The van der Waals surface area contributed by atoms with Crippen molar-refractivity contribution in [3.05, 3.63) is 0 Å². The Balaban J connectivity index is 2.11. The smallest absolute Gasteiger partial charge is 0.0685 e. The van der Waals surface area contributed by atoms with Gasteiger partial charge < -0.3 is 10.4 Å². The molecule has 2 heterocycles. The Morgan fingerprint density at radius 3 is 3.18 bits per heavy atom. The zero-order chi connectivity index (χ0) is 7.90. The van der Waals surface area contributed by atoms with Gasteiger partial charge in [-0.1, -0.05) is 0 Å². The summed E-state index contributed by atoms with van der Waals surface area (Å²) in [5.41, 5.74) is 0.234. The van der Waals surface area contributed by atoms with Crippen LogP contribution in [-0.4, -0.2) is 47.8 Å². The van der Waals surface area contributed by atoms with Crippen LogP contribution in [0.1, 0.15) is 13.3 Å². The lowest BCUT2D eigenvalue weighted by molar-refractivity contribution is 0.121. The zero-order valence-corrected chi connectivity index (χ0v) is 7.01. The van der Waals surface area contributed by atoms with Gasteiger partial charge in [0.2, 0.25) is 0 Å². The summed E-state index contributed by atoms with van der Waals surface area (Å²) in [6.45, 7) is 6.30. The first-order valence-corrected chi connectivity index (χ1v) is 4.34. The monoisotopic (exact) mass is 156 g/mol. The minimum absolute atomic E-state index is 0.0973. The molecule has 64 valence electrons. The summed E-state index contributed by atoms with van der Waals surface area (Å²) in [6.07, 6.45) is 0.833. The molecule has 0 amide bonds. The average molecular weight is 156 g/mol. The molecule has 0 saturated carbocycles. The summed E-state index contributed by atoms with van der Waals surface area (Å²) >= 11 is 0. The molecule has 2 N–H and O–H groups in total. The number of hydrogen-bond donors (Lipinski definition) is 2. The molecule has 2 atom stereocenters. The summed E-state index contributed by atoms with van der Waals surface area (Å²) in [7, 11) is 0. The molecular weight excluding hydrogens is 140 g/mol. The second-order valence-corrected chi connectivity index (χ2v) is 3.98. The Bertz CT molecular complexity index is 162. The standard InChI is InChI=1S/C8H16N2O/c1-8-4-7(11)5-10(8)3-2-9-6-8/h7,9,11H,2-6H2,1H3/t7-,8-/m1/s1. The average Bonchev–Trinajstić information content (AvgIpc) is 2.22. The largest absolute Gasteiger partial charge is 0.392 e. The number of fused-ring (bicyclic) bond motifs is 1. The highest BCUT2D eigenvalue weighted by Gasteiger charge is 2.42. The van der Waals surface area contributed by atoms with Crippen LogP contribution in [0.2, 0.25) is 0 Å². The van der Waals surface area contributed by atoms with Crippen LogP contribution in [0.25, 0.3) is 0 Å². The number of nitrogens with one attached hydrogen (secondary N) is 1. The molecule has 3 heteroatoms. The van der Waals surface area contributed by atoms with Crippen molar-refractivity contribution in [2.45, 2.75) is 25.0 Å². The van der Waals surface area contributed by atoms with Crippen LogP contribution >= 0.6 is 0 Å². The van der Waals surface area contributed by atoms with Crippen molar-refractivity contribution >= 4 is 0 Å². The lowest BCUT2D eigenvalue weighted by atomic mass is 9.96. The maximum atomic E-state index is 9.46. The van der Waals surface area contributed by atoms with Crippen LogP contribution in [0, 0.1) is 0 Å². The molecule has 2 rings (SSSR count). The summed E-state index contributed by atoms with van der Waals surface area (Å²) in [6, 6.07) is 0. The number of β-amino-alcohol motifs (C(OH)–C–C–N with tert-alkyl or cyclic N) is 1. The third kappa shape index (κ3) is 1.17. The van der Waals surface area contributed by atoms with E-state index in [1.54, 1.807) is 0 Å². The zero-order valence-electron chi connectivity index (χ0n) is 7.01. The van der Waals surface area contributed by atoms with Gasteiger partial charge in [-0.2, -0.15) is 0 Å². The van der Waals surface area contributed by atoms with Crippen molar-refractivity contribution in [1.82, 2.24) is 10.2 Å². The number of piperazine rings is 1. The minimum Gasteiger partial charge on any atom is -0.392 e. The van der Waals surface area contributed by atoms with E-state index in [-0.39, 0.29) is 11.6 Å². The number of nitrogens with zero attached hydrogens (tertiary/aromatic N) is 1. The van der Waals surface area contributed by atoms with E-state index in [4.69, 9.17) is 0 Å². The SMILES string of the molecule is C[C@@]12CNCCN1C[C@H](O)C2. The Morgan fingerprint density at radius 2 is 2.45 bits per heavy atom. The Morgan fingerprint density at radius 1 is 1.64 bits per heavy atom. The van der Waals surface area contributed by atoms with E-state index in [9.17, 15) is 5.11 Å². The third-order valence-electron chi connectivity index (χ3n) is 2.93. The highest BCUT2D eigenvalue weighted by Crippen LogP contribution is 2.29. The predicted octanol–water partition coefficient (Wildman–Crippen LogP) is -0.585. The molecule has 2 aliphatic heterocycles. The van der Waals surface area contributed by atoms with E-state index < -0.39 is 0 Å². The molecule has 0 aromatic carbocycles. The fraction of sp³-hybridized carbons (Fsp3) is 1.00. The normalized spacial score (nSPS) is 45.8. The van der Waals surface area contributed by atoms with Crippen LogP contribution in [0.4, 0.5) is 0 Å². The first-order valence-electron chi connectivity index (χ1n) is 4.34. The number of rotatable bonds is 0. The quantitative estimate of drug-likeness (QED) is 0.492. The van der Waals surface area contributed by atoms with Crippen LogP contribution in [0.3, 0.4) is 0 Å². The third-order valence-corrected chi connectivity index (χ3v) is 2.93. The van der Waals surface area contributed by atoms with E-state index in [0.717, 1.165) is 32.6 Å². The molecular formula is C8H16N2O. The van der Waals surface area contributed by atoms with E-state index in [1.807, 2.05) is 0 Å². The number of hydrogen-bond acceptors (Lipinski definition) is 3. The lowest BCUT2D eigenvalue weighted by Crippen LogP contribution is -2.55. The summed E-state index contributed by atoms with van der Waals surface area (Å²) < 4.78 is 0. The number of aliphatic hydroxyl groups is 1. The van der Waals surface area contributed by atoms with Crippen molar-refractivity contribution in [3.8, 4) is 0 Å². The molecule has 0 radical (unpaired) electrons. The van der Waals surface area contributed by atoms with Crippen LogP contribution in [-0.2, 0) is 0 Å². The van der Waals surface area contributed by atoms with Gasteiger partial charge in [-0.3, -0.25) is 4.90 Å². The van der Waals surface area contributed by atoms with Gasteiger partial charge in [-0.25, -0.2) is 0 Å². The molecule has 11 heavy (non-hydrogen) atoms. The molecule has 0 aliphatic carbocycles. The molecule has 0 spiro atoms. The van der Waals surface area contributed by atoms with E-state index in [0.29, 0.717) is 0 Å². The molecule has 2 aliphatic rings. The molecule has 0 aromatic heterocycles. The second kappa shape index (κ2) is 2.44. The summed E-state index contributed by atoms with van der Waals surface area (Å²) in [4.78, 5) is 2.40. The van der Waals surface area contributed by atoms with Gasteiger partial charge in [0.05, 0.1) is 6.10 Å². The topological polar surface area (TPSA) is 35.5 Å². The molecule has 0 unspecified atom stereocenters. The van der Waals surface area contributed by atoms with Crippen molar-refractivity contribution in [2.24, 2.45) is 0 Å². The van der Waals surface area contributed by atoms with E-state index in [1.165, 1.54) is 0 Å². The molecule has 0 bridgehead atoms. The maximum Gasteiger partial charge on any atom is 0.0685 e.